The van der Waals surface area contributed by atoms with Gasteiger partial charge in [0.1, 0.15) is 27.0 Å². The van der Waals surface area contributed by atoms with Crippen LogP contribution in [-0.4, -0.2) is 29.7 Å². The fourth-order valence-electron chi connectivity index (χ4n) is 6.43. The van der Waals surface area contributed by atoms with Gasteiger partial charge in [0.2, 0.25) is 5.89 Å². The maximum Gasteiger partial charge on any atom is 0.231 e. The average Bonchev–Trinajstić information content (AvgIpc) is 3.90. The lowest BCUT2D eigenvalue weighted by Gasteiger charge is -2.10. The van der Waals surface area contributed by atoms with Crippen LogP contribution in [0.3, 0.4) is 0 Å². The summed E-state index contributed by atoms with van der Waals surface area (Å²) in [4.78, 5) is 14.3. The molecule has 0 aliphatic heterocycles. The highest BCUT2D eigenvalue weighted by atomic mass is 32.1. The largest absolute Gasteiger partial charge is 0.507 e. The minimum atomic E-state index is 0.0415. The van der Waals surface area contributed by atoms with Gasteiger partial charge in [-0.3, -0.25) is 0 Å². The molecule has 2 N–H and O–H groups in total. The lowest BCUT2D eigenvalue weighted by molar-refractivity contribution is 0.474. The SMILES string of the molecule is Oc1cc2c(cc1-c1nc3ccccc3o1)c1cc(-c3nc4ccccc4s3)c(O)cc1n2-c1ccc(-c2nc3ccccc3s2)cc1. The smallest absolute Gasteiger partial charge is 0.231 e. The van der Waals surface area contributed by atoms with Crippen LogP contribution in [0.4, 0.5) is 0 Å². The number of hydrogen-bond acceptors (Lipinski definition) is 8. The summed E-state index contributed by atoms with van der Waals surface area (Å²) in [5, 5.41) is 26.4. The summed E-state index contributed by atoms with van der Waals surface area (Å²) >= 11 is 3.20. The van der Waals surface area contributed by atoms with Crippen molar-refractivity contribution in [1.29, 1.82) is 0 Å². The highest BCUT2D eigenvalue weighted by Crippen LogP contribution is 2.45. The Labute approximate surface area is 280 Å². The highest BCUT2D eigenvalue weighted by molar-refractivity contribution is 7.22. The van der Waals surface area contributed by atoms with E-state index in [9.17, 15) is 10.2 Å². The summed E-state index contributed by atoms with van der Waals surface area (Å²) < 4.78 is 10.3. The number of oxazole rings is 1. The van der Waals surface area contributed by atoms with Gasteiger partial charge in [-0.15, -0.1) is 22.7 Å². The minimum absolute atomic E-state index is 0.0415. The Kier molecular flexibility index (Phi) is 5.78. The molecule has 0 aliphatic carbocycles. The molecule has 6 aromatic carbocycles. The third-order valence-electron chi connectivity index (χ3n) is 8.71. The summed E-state index contributed by atoms with van der Waals surface area (Å²) in [6.45, 7) is 0. The molecule has 0 radical (unpaired) electrons. The van der Waals surface area contributed by atoms with E-state index in [0.29, 0.717) is 28.1 Å². The summed E-state index contributed by atoms with van der Waals surface area (Å²) in [7, 11) is 0. The van der Waals surface area contributed by atoms with Gasteiger partial charge in [0, 0.05) is 34.2 Å². The van der Waals surface area contributed by atoms with Crippen LogP contribution >= 0.6 is 22.7 Å². The molecule has 228 valence electrons. The molecule has 10 aromatic rings. The maximum atomic E-state index is 11.5. The Morgan fingerprint density at radius 1 is 0.542 bits per heavy atom. The van der Waals surface area contributed by atoms with Gasteiger partial charge in [0.25, 0.3) is 0 Å². The number of phenols is 2. The first kappa shape index (κ1) is 27.1. The lowest BCUT2D eigenvalue weighted by atomic mass is 10.1. The van der Waals surface area contributed by atoms with Gasteiger partial charge in [-0.1, -0.05) is 36.4 Å². The molecule has 0 atom stereocenters. The van der Waals surface area contributed by atoms with Gasteiger partial charge in [0.15, 0.2) is 5.58 Å². The third-order valence-corrected chi connectivity index (χ3v) is 10.9. The van der Waals surface area contributed by atoms with Gasteiger partial charge in [-0.05, 0) is 72.8 Å². The monoisotopic (exact) mass is 658 g/mol. The summed E-state index contributed by atoms with van der Waals surface area (Å²) in [6, 6.07) is 39.3. The zero-order valence-corrected chi connectivity index (χ0v) is 26.6. The van der Waals surface area contributed by atoms with Crippen LogP contribution in [0.25, 0.3) is 91.6 Å². The molecule has 0 aliphatic rings. The molecule has 0 saturated heterocycles. The Morgan fingerprint density at radius 3 is 1.77 bits per heavy atom. The van der Waals surface area contributed by atoms with Gasteiger partial charge in [0.05, 0.1) is 42.6 Å². The number of fused-ring (bicyclic) bond motifs is 6. The fourth-order valence-corrected chi connectivity index (χ4v) is 8.39. The van der Waals surface area contributed by atoms with E-state index in [1.807, 2.05) is 91.0 Å². The van der Waals surface area contributed by atoms with Gasteiger partial charge < -0.3 is 19.2 Å². The number of hydrogen-bond donors (Lipinski definition) is 2. The fraction of sp³-hybridized carbons (Fsp3) is 0. The molecule has 0 unspecified atom stereocenters. The van der Waals surface area contributed by atoms with Crippen molar-refractivity contribution < 1.29 is 14.6 Å². The van der Waals surface area contributed by atoms with Crippen LogP contribution in [0.1, 0.15) is 0 Å². The van der Waals surface area contributed by atoms with Gasteiger partial charge in [-0.2, -0.15) is 0 Å². The molecule has 0 bridgehead atoms. The molecule has 0 amide bonds. The quantitative estimate of drug-likeness (QED) is 0.195. The molecule has 4 heterocycles. The highest BCUT2D eigenvalue weighted by Gasteiger charge is 2.22. The number of nitrogens with zero attached hydrogens (tertiary/aromatic N) is 4. The van der Waals surface area contributed by atoms with E-state index in [1.165, 1.54) is 11.3 Å². The lowest BCUT2D eigenvalue weighted by Crippen LogP contribution is -1.94. The van der Waals surface area contributed by atoms with Crippen molar-refractivity contribution in [1.82, 2.24) is 19.5 Å². The Hall–Kier alpha value is -6.03. The van der Waals surface area contributed by atoms with Crippen LogP contribution in [0.2, 0.25) is 0 Å². The van der Waals surface area contributed by atoms with Crippen LogP contribution in [0, 0.1) is 0 Å². The molecule has 0 spiro atoms. The Balaban J connectivity index is 1.20. The third kappa shape index (κ3) is 4.15. The average molecular weight is 659 g/mol. The van der Waals surface area contributed by atoms with Crippen molar-refractivity contribution in [3.63, 3.8) is 0 Å². The number of para-hydroxylation sites is 4. The Morgan fingerprint density at radius 2 is 1.10 bits per heavy atom. The minimum Gasteiger partial charge on any atom is -0.507 e. The molecular formula is C39H22N4O3S2. The second-order valence-corrected chi connectivity index (χ2v) is 13.7. The molecule has 7 nitrogen and oxygen atoms in total. The summed E-state index contributed by atoms with van der Waals surface area (Å²) in [5.41, 5.74) is 7.80. The van der Waals surface area contributed by atoms with Crippen LogP contribution in [0.5, 0.6) is 11.5 Å². The van der Waals surface area contributed by atoms with E-state index in [4.69, 9.17) is 14.4 Å². The first-order valence-corrected chi connectivity index (χ1v) is 16.9. The molecule has 48 heavy (non-hydrogen) atoms. The molecule has 0 saturated carbocycles. The number of phenolic OH excluding ortho intramolecular Hbond substituents is 2. The molecule has 10 rings (SSSR count). The molecule has 0 fully saturated rings. The van der Waals surface area contributed by atoms with Crippen LogP contribution in [-0.2, 0) is 0 Å². The zero-order valence-electron chi connectivity index (χ0n) is 25.0. The van der Waals surface area contributed by atoms with Crippen molar-refractivity contribution in [2.24, 2.45) is 0 Å². The topological polar surface area (TPSA) is 97.2 Å². The van der Waals surface area contributed by atoms with Crippen molar-refractivity contribution >= 4 is 76.0 Å². The number of rotatable bonds is 4. The number of benzene rings is 6. The van der Waals surface area contributed by atoms with E-state index in [-0.39, 0.29) is 11.5 Å². The van der Waals surface area contributed by atoms with Crippen molar-refractivity contribution in [3.8, 4) is 49.8 Å². The van der Waals surface area contributed by atoms with Crippen LogP contribution < -0.4 is 0 Å². The van der Waals surface area contributed by atoms with Gasteiger partial charge >= 0.3 is 0 Å². The Bertz CT molecular complexity index is 2640. The zero-order chi connectivity index (χ0) is 31.9. The van der Waals surface area contributed by atoms with Crippen molar-refractivity contribution in [2.45, 2.75) is 0 Å². The molecule has 4 aromatic heterocycles. The second-order valence-electron chi connectivity index (χ2n) is 11.6. The van der Waals surface area contributed by atoms with Crippen molar-refractivity contribution in [3.05, 3.63) is 121 Å². The maximum absolute atomic E-state index is 11.5. The standard InChI is InChI=1S/C39H22N4O3S2/c44-32-19-30-23(17-25(32)37-40-27-7-1-4-10-34(27)46-37)24-18-26(39-42-29-9-3-6-12-36(29)48-39)33(45)20-31(24)43(30)22-15-13-21(14-16-22)38-41-28-8-2-5-11-35(28)47-38/h1-20,44-45H. The number of aromatic hydroxyl groups is 2. The predicted molar refractivity (Wildman–Crippen MR) is 194 cm³/mol. The molecular weight excluding hydrogens is 637 g/mol. The van der Waals surface area contributed by atoms with Gasteiger partial charge in [-0.25, -0.2) is 15.0 Å². The van der Waals surface area contributed by atoms with E-state index >= 15 is 0 Å². The summed E-state index contributed by atoms with van der Waals surface area (Å²) in [5.74, 6) is 0.502. The second kappa shape index (κ2) is 10.2. The molecule has 9 heteroatoms. The number of aromatic nitrogens is 4. The normalized spacial score (nSPS) is 11.9. The first-order valence-electron chi connectivity index (χ1n) is 15.3. The van der Waals surface area contributed by atoms with Crippen LogP contribution in [0.15, 0.2) is 126 Å². The summed E-state index contributed by atoms with van der Waals surface area (Å²) in [6.07, 6.45) is 0. The van der Waals surface area contributed by atoms with E-state index in [1.54, 1.807) is 23.5 Å². The van der Waals surface area contributed by atoms with E-state index in [2.05, 4.69) is 27.8 Å². The predicted octanol–water partition coefficient (Wildman–Crippen LogP) is 10.6. The number of thiazole rings is 2. The van der Waals surface area contributed by atoms with Crippen molar-refractivity contribution in [2.75, 3.05) is 0 Å². The van der Waals surface area contributed by atoms with E-state index in [0.717, 1.165) is 63.5 Å². The first-order chi connectivity index (χ1) is 23.6. The van der Waals surface area contributed by atoms with E-state index < -0.39 is 0 Å².